The molecular formula is C19H21ClF4N2O. The summed E-state index contributed by atoms with van der Waals surface area (Å²) in [5.41, 5.74) is 5.11. The fourth-order valence-electron chi connectivity index (χ4n) is 2.89. The van der Waals surface area contributed by atoms with E-state index in [9.17, 15) is 22.4 Å². The summed E-state index contributed by atoms with van der Waals surface area (Å²) >= 11 is 0. The number of nitrogens with two attached hydrogens (primary N) is 1. The van der Waals surface area contributed by atoms with E-state index in [0.717, 1.165) is 36.4 Å². The van der Waals surface area contributed by atoms with Gasteiger partial charge in [0.25, 0.3) is 0 Å². The Hall–Kier alpha value is -2.12. The van der Waals surface area contributed by atoms with Crippen LogP contribution in [0.5, 0.6) is 0 Å². The summed E-state index contributed by atoms with van der Waals surface area (Å²) in [5, 5.41) is 2.71. The molecule has 2 rings (SSSR count). The first kappa shape index (κ1) is 22.9. The largest absolute Gasteiger partial charge is 0.349 e. The van der Waals surface area contributed by atoms with Crippen LogP contribution in [0.1, 0.15) is 25.0 Å². The Morgan fingerprint density at radius 2 is 1.26 bits per heavy atom. The van der Waals surface area contributed by atoms with Gasteiger partial charge in [-0.05, 0) is 62.1 Å². The molecule has 0 saturated carbocycles. The van der Waals surface area contributed by atoms with Gasteiger partial charge in [0.15, 0.2) is 0 Å². The molecule has 0 aliphatic carbocycles. The van der Waals surface area contributed by atoms with Gasteiger partial charge in [-0.1, -0.05) is 0 Å². The van der Waals surface area contributed by atoms with Gasteiger partial charge in [-0.25, -0.2) is 17.6 Å². The molecule has 0 saturated heterocycles. The number of hydrogen-bond donors (Lipinski definition) is 2. The Bertz CT molecular complexity index is 720. The first-order valence-corrected chi connectivity index (χ1v) is 8.04. The SMILES string of the molecule is C[C@H](N)C(=O)NC(C)(Cc1cc(F)cc(F)c1)Cc1cc(F)cc(F)c1.Cl. The van der Waals surface area contributed by atoms with Gasteiger partial charge in [-0.15, -0.1) is 12.4 Å². The second-order valence-corrected chi connectivity index (χ2v) is 6.75. The lowest BCUT2D eigenvalue weighted by Gasteiger charge is -2.32. The Morgan fingerprint density at radius 3 is 1.56 bits per heavy atom. The average molecular weight is 405 g/mol. The minimum atomic E-state index is -1.06. The Morgan fingerprint density at radius 1 is 0.926 bits per heavy atom. The summed E-state index contributed by atoms with van der Waals surface area (Å²) < 4.78 is 53.9. The van der Waals surface area contributed by atoms with Gasteiger partial charge in [0.05, 0.1) is 6.04 Å². The molecule has 0 radical (unpaired) electrons. The zero-order chi connectivity index (χ0) is 19.5. The Labute approximate surface area is 161 Å². The molecule has 27 heavy (non-hydrogen) atoms. The van der Waals surface area contributed by atoms with Crippen molar-refractivity contribution in [2.24, 2.45) is 5.73 Å². The van der Waals surface area contributed by atoms with Crippen molar-refractivity contribution in [2.75, 3.05) is 0 Å². The highest BCUT2D eigenvalue weighted by molar-refractivity contribution is 5.85. The van der Waals surface area contributed by atoms with Gasteiger partial charge in [-0.2, -0.15) is 0 Å². The third-order valence-corrected chi connectivity index (χ3v) is 3.87. The summed E-state index contributed by atoms with van der Waals surface area (Å²) in [5.74, 6) is -3.49. The highest BCUT2D eigenvalue weighted by atomic mass is 35.5. The maximum atomic E-state index is 13.5. The van der Waals surface area contributed by atoms with Crippen molar-refractivity contribution in [3.05, 3.63) is 70.8 Å². The van der Waals surface area contributed by atoms with E-state index in [1.54, 1.807) is 6.92 Å². The number of benzene rings is 2. The summed E-state index contributed by atoms with van der Waals surface area (Å²) in [6.45, 7) is 3.11. The third kappa shape index (κ3) is 6.84. The van der Waals surface area contributed by atoms with Crippen molar-refractivity contribution in [3.8, 4) is 0 Å². The quantitative estimate of drug-likeness (QED) is 0.722. The molecule has 2 aromatic carbocycles. The zero-order valence-electron chi connectivity index (χ0n) is 14.9. The highest BCUT2D eigenvalue weighted by Gasteiger charge is 2.29. The molecular weight excluding hydrogens is 384 g/mol. The monoisotopic (exact) mass is 404 g/mol. The van der Waals surface area contributed by atoms with Crippen LogP contribution in [0.2, 0.25) is 0 Å². The van der Waals surface area contributed by atoms with E-state index in [1.807, 2.05) is 0 Å². The molecule has 0 bridgehead atoms. The van der Waals surface area contributed by atoms with Crippen LogP contribution in [0.4, 0.5) is 17.6 Å². The van der Waals surface area contributed by atoms with Crippen molar-refractivity contribution >= 4 is 18.3 Å². The molecule has 148 valence electrons. The molecule has 3 nitrogen and oxygen atoms in total. The lowest BCUT2D eigenvalue weighted by molar-refractivity contribution is -0.123. The van der Waals surface area contributed by atoms with E-state index in [0.29, 0.717) is 11.1 Å². The predicted molar refractivity (Wildman–Crippen MR) is 97.6 cm³/mol. The van der Waals surface area contributed by atoms with Crippen molar-refractivity contribution in [3.63, 3.8) is 0 Å². The molecule has 8 heteroatoms. The van der Waals surface area contributed by atoms with Crippen LogP contribution in [0.25, 0.3) is 0 Å². The maximum Gasteiger partial charge on any atom is 0.237 e. The van der Waals surface area contributed by atoms with E-state index in [2.05, 4.69) is 5.32 Å². The van der Waals surface area contributed by atoms with Crippen LogP contribution in [0.3, 0.4) is 0 Å². The van der Waals surface area contributed by atoms with Crippen molar-refractivity contribution in [1.82, 2.24) is 5.32 Å². The fraction of sp³-hybridized carbons (Fsp3) is 0.316. The molecule has 0 heterocycles. The van der Waals surface area contributed by atoms with E-state index in [1.165, 1.54) is 6.92 Å². The zero-order valence-corrected chi connectivity index (χ0v) is 15.7. The van der Waals surface area contributed by atoms with Crippen LogP contribution in [-0.2, 0) is 17.6 Å². The summed E-state index contributed by atoms with van der Waals surface area (Å²) in [7, 11) is 0. The number of halogens is 5. The topological polar surface area (TPSA) is 55.1 Å². The lowest BCUT2D eigenvalue weighted by atomic mass is 9.86. The van der Waals surface area contributed by atoms with Crippen LogP contribution in [-0.4, -0.2) is 17.5 Å². The maximum absolute atomic E-state index is 13.5. The molecule has 0 aliphatic heterocycles. The number of rotatable bonds is 6. The average Bonchev–Trinajstić information content (AvgIpc) is 2.43. The van der Waals surface area contributed by atoms with Gasteiger partial charge in [0.2, 0.25) is 5.91 Å². The molecule has 0 aliphatic rings. The molecule has 3 N–H and O–H groups in total. The third-order valence-electron chi connectivity index (χ3n) is 3.87. The fourth-order valence-corrected chi connectivity index (χ4v) is 2.89. The van der Waals surface area contributed by atoms with Crippen molar-refractivity contribution in [1.29, 1.82) is 0 Å². The van der Waals surface area contributed by atoms with Gasteiger partial charge in [-0.3, -0.25) is 4.79 Å². The molecule has 0 aromatic heterocycles. The van der Waals surface area contributed by atoms with Gasteiger partial charge < -0.3 is 11.1 Å². The standard InChI is InChI=1S/C19H20F4N2O.ClH/c1-11(24)18(26)25-19(2,9-12-3-14(20)7-15(21)4-12)10-13-5-16(22)8-17(23)6-13;/h3-8,11H,9-10,24H2,1-2H3,(H,25,26);1H/t11-;/m0./s1. The number of hydrogen-bond acceptors (Lipinski definition) is 2. The number of carbonyl (C=O) groups excluding carboxylic acids is 1. The summed E-state index contributed by atoms with van der Waals surface area (Å²) in [6, 6.07) is 5.24. The second-order valence-electron chi connectivity index (χ2n) is 6.75. The van der Waals surface area contributed by atoms with Crippen LogP contribution < -0.4 is 11.1 Å². The molecule has 0 unspecified atom stereocenters. The van der Waals surface area contributed by atoms with Gasteiger partial charge in [0, 0.05) is 17.7 Å². The molecule has 2 aromatic rings. The minimum absolute atomic E-state index is 0. The van der Waals surface area contributed by atoms with Gasteiger partial charge >= 0.3 is 0 Å². The predicted octanol–water partition coefficient (Wildman–Crippen LogP) is 3.67. The first-order valence-electron chi connectivity index (χ1n) is 8.04. The highest BCUT2D eigenvalue weighted by Crippen LogP contribution is 2.22. The lowest BCUT2D eigenvalue weighted by Crippen LogP contribution is -2.53. The van der Waals surface area contributed by atoms with E-state index in [-0.39, 0.29) is 25.2 Å². The van der Waals surface area contributed by atoms with Crippen molar-refractivity contribution < 1.29 is 22.4 Å². The number of carbonyl (C=O) groups is 1. The molecule has 0 fully saturated rings. The van der Waals surface area contributed by atoms with Gasteiger partial charge in [0.1, 0.15) is 23.3 Å². The van der Waals surface area contributed by atoms with Crippen LogP contribution in [0, 0.1) is 23.3 Å². The Balaban J connectivity index is 0.00000364. The van der Waals surface area contributed by atoms with Crippen LogP contribution in [0.15, 0.2) is 36.4 Å². The molecule has 0 spiro atoms. The Kier molecular flexibility index (Phi) is 7.80. The van der Waals surface area contributed by atoms with E-state index < -0.39 is 40.8 Å². The first-order chi connectivity index (χ1) is 12.1. The molecule has 1 amide bonds. The number of amides is 1. The van der Waals surface area contributed by atoms with E-state index in [4.69, 9.17) is 5.73 Å². The normalized spacial score (nSPS) is 12.3. The van der Waals surface area contributed by atoms with Crippen LogP contribution >= 0.6 is 12.4 Å². The second kappa shape index (κ2) is 9.19. The summed E-state index contributed by atoms with van der Waals surface area (Å²) in [4.78, 5) is 12.1. The van der Waals surface area contributed by atoms with E-state index >= 15 is 0 Å². The van der Waals surface area contributed by atoms with Crippen molar-refractivity contribution in [2.45, 2.75) is 38.3 Å². The molecule has 1 atom stereocenters. The number of nitrogens with one attached hydrogen (secondary N) is 1. The minimum Gasteiger partial charge on any atom is -0.349 e. The summed E-state index contributed by atoms with van der Waals surface area (Å²) in [6.07, 6.45) is 0.0799. The smallest absolute Gasteiger partial charge is 0.237 e.